The topological polar surface area (TPSA) is 17.6 Å². The third-order valence-electron chi connectivity index (χ3n) is 6.63. The van der Waals surface area contributed by atoms with Crippen molar-refractivity contribution in [3.8, 4) is 0 Å². The summed E-state index contributed by atoms with van der Waals surface area (Å²) in [5.41, 5.74) is 5.95. The Kier molecular flexibility index (Phi) is 3.22. The minimum absolute atomic E-state index is 0.336. The van der Waals surface area contributed by atoms with Crippen LogP contribution in [-0.2, 0) is 14.1 Å². The fraction of sp³-hybridized carbons (Fsp3) is 0.250. The molecule has 2 heterocycles. The van der Waals surface area contributed by atoms with E-state index in [4.69, 9.17) is 0 Å². The Morgan fingerprint density at radius 3 is 1.25 bits per heavy atom. The molecule has 0 spiro atoms. The highest BCUT2D eigenvalue weighted by Crippen LogP contribution is 2.61. The number of aromatic nitrogens is 4. The Morgan fingerprint density at radius 1 is 0.607 bits per heavy atom. The Morgan fingerprint density at radius 2 is 0.964 bits per heavy atom. The summed E-state index contributed by atoms with van der Waals surface area (Å²) in [5.74, 6) is 0.699. The van der Waals surface area contributed by atoms with E-state index in [1.807, 2.05) is 0 Å². The van der Waals surface area contributed by atoms with Crippen LogP contribution in [-0.4, -0.2) is 9.13 Å². The summed E-state index contributed by atoms with van der Waals surface area (Å²) in [6, 6.07) is 18.8. The first-order valence-electron chi connectivity index (χ1n) is 9.95. The molecule has 3 aliphatic carbocycles. The predicted octanol–water partition coefficient (Wildman–Crippen LogP) is 3.01. The number of rotatable bonds is 2. The maximum atomic E-state index is 2.42. The van der Waals surface area contributed by atoms with E-state index in [1.54, 1.807) is 0 Å². The normalized spacial score (nSPS) is 24.8. The lowest BCUT2D eigenvalue weighted by Crippen LogP contribution is -2.42. The zero-order chi connectivity index (χ0) is 18.8. The van der Waals surface area contributed by atoms with Crippen molar-refractivity contribution in [1.82, 2.24) is 9.13 Å². The van der Waals surface area contributed by atoms with Crippen molar-refractivity contribution in [2.75, 3.05) is 0 Å². The lowest BCUT2D eigenvalue weighted by molar-refractivity contribution is -0.671. The van der Waals surface area contributed by atoms with Crippen LogP contribution in [0.5, 0.6) is 0 Å². The van der Waals surface area contributed by atoms with Gasteiger partial charge in [0.15, 0.2) is 12.1 Å². The molecule has 4 aromatic rings. The van der Waals surface area contributed by atoms with Crippen LogP contribution in [0.1, 0.15) is 46.2 Å². The van der Waals surface area contributed by atoms with Gasteiger partial charge >= 0.3 is 0 Å². The second-order valence-corrected chi connectivity index (χ2v) is 8.25. The van der Waals surface area contributed by atoms with Crippen LogP contribution in [0, 0.1) is 0 Å². The number of imidazole rings is 2. The monoisotopic (exact) mass is 368 g/mol. The van der Waals surface area contributed by atoms with Gasteiger partial charge in [-0.15, -0.1) is 0 Å². The molecule has 2 atom stereocenters. The average Bonchev–Trinajstić information content (AvgIpc) is 3.35. The molecule has 3 aliphatic rings. The average molecular weight is 368 g/mol. The number of aryl methyl sites for hydroxylation is 2. The molecule has 0 saturated carbocycles. The molecule has 2 aromatic heterocycles. The number of hydrogen-bond donors (Lipinski definition) is 0. The van der Waals surface area contributed by atoms with E-state index >= 15 is 0 Å². The molecule has 0 radical (unpaired) electrons. The van der Waals surface area contributed by atoms with Crippen LogP contribution in [0.4, 0.5) is 0 Å². The van der Waals surface area contributed by atoms with Gasteiger partial charge in [0.2, 0.25) is 12.7 Å². The van der Waals surface area contributed by atoms with Gasteiger partial charge in [-0.1, -0.05) is 48.5 Å². The van der Waals surface area contributed by atoms with Gasteiger partial charge in [0.05, 0.1) is 25.9 Å². The minimum Gasteiger partial charge on any atom is -0.240 e. The SMILES string of the molecule is C[n+]1ccn([C@H]2C3c4ccccc4C(c4ccccc43)[C@@H]2n2cc[n+](C)c2)c1. The Balaban J connectivity index is 1.67. The van der Waals surface area contributed by atoms with Gasteiger partial charge in [-0.25, -0.2) is 18.3 Å². The molecule has 0 unspecified atom stereocenters. The highest BCUT2D eigenvalue weighted by Gasteiger charge is 2.55. The maximum Gasteiger partial charge on any atom is 0.243 e. The standard InChI is InChI=1S/C24H24N4/c1-25-11-13-27(15-25)23-21-17-7-3-5-9-19(17)22(20-10-6-4-8-18(20)21)24(23)28-14-12-26(2)16-28/h3-16,21-24H,1-2H3/q+2/t21?,22?,23-,24-/m0/s1. The summed E-state index contributed by atoms with van der Waals surface area (Å²) < 4.78 is 9.14. The molecule has 4 nitrogen and oxygen atoms in total. The molecule has 0 fully saturated rings. The zero-order valence-electron chi connectivity index (χ0n) is 16.2. The van der Waals surface area contributed by atoms with Crippen LogP contribution in [0.2, 0.25) is 0 Å². The van der Waals surface area contributed by atoms with E-state index < -0.39 is 0 Å². The zero-order valence-corrected chi connectivity index (χ0v) is 16.2. The van der Waals surface area contributed by atoms with Crippen LogP contribution in [0.15, 0.2) is 86.0 Å². The van der Waals surface area contributed by atoms with Gasteiger partial charge in [0.25, 0.3) is 0 Å². The van der Waals surface area contributed by atoms with E-state index in [1.165, 1.54) is 22.3 Å². The van der Waals surface area contributed by atoms with Crippen molar-refractivity contribution in [2.24, 2.45) is 14.1 Å². The van der Waals surface area contributed by atoms with Crippen LogP contribution >= 0.6 is 0 Å². The molecule has 2 bridgehead atoms. The number of nitrogens with zero attached hydrogens (tertiary/aromatic N) is 4. The van der Waals surface area contributed by atoms with Crippen LogP contribution < -0.4 is 9.13 Å². The minimum atomic E-state index is 0.336. The van der Waals surface area contributed by atoms with Crippen molar-refractivity contribution < 1.29 is 9.13 Å². The second kappa shape index (κ2) is 5.68. The molecule has 28 heavy (non-hydrogen) atoms. The highest BCUT2D eigenvalue weighted by atomic mass is 15.2. The van der Waals surface area contributed by atoms with E-state index in [0.29, 0.717) is 23.9 Å². The first-order chi connectivity index (χ1) is 13.7. The van der Waals surface area contributed by atoms with E-state index in [9.17, 15) is 0 Å². The van der Waals surface area contributed by atoms with Gasteiger partial charge in [-0.05, 0) is 22.3 Å². The van der Waals surface area contributed by atoms with E-state index in [2.05, 4.69) is 118 Å². The lowest BCUT2D eigenvalue weighted by Gasteiger charge is -2.47. The smallest absolute Gasteiger partial charge is 0.240 e. The molecule has 7 rings (SSSR count). The van der Waals surface area contributed by atoms with Crippen molar-refractivity contribution in [3.63, 3.8) is 0 Å². The second-order valence-electron chi connectivity index (χ2n) is 8.25. The van der Waals surface area contributed by atoms with Crippen LogP contribution in [0.3, 0.4) is 0 Å². The van der Waals surface area contributed by atoms with Crippen molar-refractivity contribution >= 4 is 0 Å². The van der Waals surface area contributed by atoms with E-state index in [0.717, 1.165) is 0 Å². The van der Waals surface area contributed by atoms with Gasteiger partial charge in [-0.2, -0.15) is 0 Å². The Bertz CT molecular complexity index is 1040. The highest BCUT2D eigenvalue weighted by molar-refractivity contribution is 5.57. The van der Waals surface area contributed by atoms with Gasteiger partial charge in [0.1, 0.15) is 24.8 Å². The van der Waals surface area contributed by atoms with E-state index in [-0.39, 0.29) is 0 Å². The van der Waals surface area contributed by atoms with Crippen molar-refractivity contribution in [3.05, 3.63) is 108 Å². The predicted molar refractivity (Wildman–Crippen MR) is 106 cm³/mol. The molecule has 0 N–H and O–H groups in total. The van der Waals surface area contributed by atoms with Gasteiger partial charge in [0, 0.05) is 0 Å². The summed E-state index contributed by atoms with van der Waals surface area (Å²) in [5, 5.41) is 0. The summed E-state index contributed by atoms with van der Waals surface area (Å²) >= 11 is 0. The molecule has 0 aliphatic heterocycles. The lowest BCUT2D eigenvalue weighted by atomic mass is 9.59. The fourth-order valence-electron chi connectivity index (χ4n) is 5.61. The molecular weight excluding hydrogens is 344 g/mol. The van der Waals surface area contributed by atoms with Crippen molar-refractivity contribution in [2.45, 2.75) is 23.9 Å². The third kappa shape index (κ3) is 2.06. The fourth-order valence-corrected chi connectivity index (χ4v) is 5.61. The maximum absolute atomic E-state index is 2.42. The molecular formula is C24H24N4+2. The Labute approximate surface area is 164 Å². The van der Waals surface area contributed by atoms with Gasteiger partial charge in [-0.3, -0.25) is 0 Å². The largest absolute Gasteiger partial charge is 0.243 e. The summed E-state index contributed by atoms with van der Waals surface area (Å²) in [6.07, 6.45) is 13.2. The molecule has 4 heteroatoms. The summed E-state index contributed by atoms with van der Waals surface area (Å²) in [6.45, 7) is 0. The number of hydrogen-bond acceptors (Lipinski definition) is 0. The number of benzene rings is 2. The quantitative estimate of drug-likeness (QED) is 0.484. The third-order valence-corrected chi connectivity index (χ3v) is 6.63. The van der Waals surface area contributed by atoms with Gasteiger partial charge < -0.3 is 0 Å². The Hall–Kier alpha value is -3.14. The number of fused-ring (bicyclic) bond motifs is 1. The summed E-state index contributed by atoms with van der Waals surface area (Å²) in [7, 11) is 4.20. The molecule has 138 valence electrons. The van der Waals surface area contributed by atoms with Crippen molar-refractivity contribution in [1.29, 1.82) is 0 Å². The first-order valence-corrected chi connectivity index (χ1v) is 9.95. The summed E-state index contributed by atoms with van der Waals surface area (Å²) in [4.78, 5) is 0. The molecule has 0 saturated heterocycles. The molecule has 2 aromatic carbocycles. The van der Waals surface area contributed by atoms with Crippen LogP contribution in [0.25, 0.3) is 0 Å². The molecule has 0 amide bonds. The first kappa shape index (κ1) is 15.9.